The van der Waals surface area contributed by atoms with Gasteiger partial charge in [0.25, 0.3) is 0 Å². The van der Waals surface area contributed by atoms with Crippen molar-refractivity contribution in [3.8, 4) is 17.6 Å². The van der Waals surface area contributed by atoms with E-state index in [2.05, 4.69) is 28.2 Å². The van der Waals surface area contributed by atoms with Crippen molar-refractivity contribution in [2.24, 2.45) is 5.92 Å². The highest BCUT2D eigenvalue weighted by atomic mass is 16.6. The third-order valence-corrected chi connectivity index (χ3v) is 13.1. The van der Waals surface area contributed by atoms with Crippen LogP contribution in [-0.4, -0.2) is 85.0 Å². The molecule has 342 valence electrons. The van der Waals surface area contributed by atoms with Gasteiger partial charge < -0.3 is 29.4 Å². The normalized spacial score (nSPS) is 23.0. The number of allylic oxidation sites excluding steroid dienone is 2. The molecule has 1 aliphatic carbocycles. The molecule has 0 saturated carbocycles. The SMILES string of the molecule is COCCOC(=O)N1C(=O)[C@@]2(c3cc(C#CC4=CCCCC4)ccc31)[C@H](c1ccc(OCCO)cc1)N1[C@H](c3ccccc3)[C@H](c3ccccc3)OC(=O)[C@H]1[C@@H]2C(=O)NCCc1ccccn1. The number of amides is 3. The second-order valence-corrected chi connectivity index (χ2v) is 17.0. The molecule has 2 fully saturated rings. The number of carbonyl (C=O) groups excluding carboxylic acids is 4. The summed E-state index contributed by atoms with van der Waals surface area (Å²) >= 11 is 0. The van der Waals surface area contributed by atoms with Crippen LogP contribution in [0.2, 0.25) is 0 Å². The van der Waals surface area contributed by atoms with Gasteiger partial charge in [0.1, 0.15) is 36.5 Å². The van der Waals surface area contributed by atoms with Gasteiger partial charge in [-0.05, 0) is 96.0 Å². The number of aromatic nitrogens is 1. The van der Waals surface area contributed by atoms with E-state index < -0.39 is 59.4 Å². The van der Waals surface area contributed by atoms with Gasteiger partial charge in [0.15, 0.2) is 0 Å². The van der Waals surface area contributed by atoms with Crippen molar-refractivity contribution in [3.05, 3.63) is 173 Å². The van der Waals surface area contributed by atoms with E-state index in [4.69, 9.17) is 18.9 Å². The number of hydrogen-bond donors (Lipinski definition) is 2. The lowest BCUT2D eigenvalue weighted by atomic mass is 9.65. The number of cyclic esters (lactones) is 1. The molecule has 9 rings (SSSR count). The summed E-state index contributed by atoms with van der Waals surface area (Å²) in [5.41, 5.74) is 2.92. The second kappa shape index (κ2) is 20.2. The number of anilines is 1. The number of nitrogens with one attached hydrogen (secondary N) is 1. The Morgan fingerprint density at radius 3 is 2.31 bits per heavy atom. The van der Waals surface area contributed by atoms with Crippen LogP contribution in [0.4, 0.5) is 10.5 Å². The topological polar surface area (TPSA) is 157 Å². The highest BCUT2D eigenvalue weighted by Crippen LogP contribution is 2.66. The van der Waals surface area contributed by atoms with Gasteiger partial charge in [0.05, 0.1) is 36.9 Å². The molecule has 0 bridgehead atoms. The zero-order chi connectivity index (χ0) is 46.3. The van der Waals surface area contributed by atoms with Crippen molar-refractivity contribution in [2.45, 2.75) is 61.7 Å². The van der Waals surface area contributed by atoms with Crippen LogP contribution in [0.3, 0.4) is 0 Å². The molecule has 4 aliphatic rings. The molecule has 2 N–H and O–H groups in total. The van der Waals surface area contributed by atoms with Crippen LogP contribution < -0.4 is 15.0 Å². The van der Waals surface area contributed by atoms with Gasteiger partial charge in [-0.1, -0.05) is 96.8 Å². The van der Waals surface area contributed by atoms with Crippen molar-refractivity contribution in [1.29, 1.82) is 0 Å². The lowest BCUT2D eigenvalue weighted by molar-refractivity contribution is -0.178. The fraction of sp³-hybridized carbons (Fsp3) is 0.315. The number of imide groups is 1. The molecule has 3 aliphatic heterocycles. The largest absolute Gasteiger partial charge is 0.491 e. The number of nitrogens with zero attached hydrogens (tertiary/aromatic N) is 3. The number of methoxy groups -OCH3 is 1. The molecule has 0 radical (unpaired) electrons. The fourth-order valence-electron chi connectivity index (χ4n) is 10.2. The Balaban J connectivity index is 1.31. The highest BCUT2D eigenvalue weighted by molar-refractivity contribution is 6.23. The minimum atomic E-state index is -1.98. The molecule has 2 saturated heterocycles. The lowest BCUT2D eigenvalue weighted by Crippen LogP contribution is -2.56. The number of ether oxygens (including phenoxy) is 4. The second-order valence-electron chi connectivity index (χ2n) is 17.0. The molecular formula is C54H52N4O9. The number of esters is 1. The molecule has 1 aromatic heterocycles. The Morgan fingerprint density at radius 2 is 1.61 bits per heavy atom. The number of aliphatic hydroxyl groups excluding tert-OH is 1. The maximum Gasteiger partial charge on any atom is 0.421 e. The smallest absolute Gasteiger partial charge is 0.421 e. The minimum absolute atomic E-state index is 0.0507. The predicted molar refractivity (Wildman–Crippen MR) is 249 cm³/mol. The number of benzene rings is 4. The standard InChI is InChI=1S/C54H52N4O9/c1-64-33-34-66-53(63)57-44-27-22-37(21-20-36-13-5-2-6-14-36)35-43(44)54(52(57)62)45(50(60)56-30-28-41-19-11-12-29-55-41)47-51(61)67-48(39-17-9-4-10-18-39)46(38-15-7-3-8-16-38)58(47)49(54)40-23-25-42(26-24-40)65-32-31-59/h3-4,7-13,15-19,22-27,29,35,45-49,59H,2,5-6,14,28,30-34H2,1H3,(H,56,60)/t45-,46-,47-,48+,49+,54-/m1/s1. The van der Waals surface area contributed by atoms with E-state index in [1.807, 2.05) is 95.9 Å². The first kappa shape index (κ1) is 45.1. The molecule has 1 spiro atoms. The Labute approximate surface area is 389 Å². The number of carbonyl (C=O) groups is 4. The summed E-state index contributed by atoms with van der Waals surface area (Å²) in [6.45, 7) is -0.0930. The maximum atomic E-state index is 16.4. The summed E-state index contributed by atoms with van der Waals surface area (Å²) < 4.78 is 23.3. The first-order chi connectivity index (χ1) is 32.8. The van der Waals surface area contributed by atoms with E-state index in [1.54, 1.807) is 36.5 Å². The van der Waals surface area contributed by atoms with E-state index in [9.17, 15) is 9.90 Å². The molecule has 5 aromatic rings. The Bertz CT molecular complexity index is 2690. The van der Waals surface area contributed by atoms with Gasteiger partial charge in [-0.15, -0.1) is 0 Å². The molecule has 13 nitrogen and oxygen atoms in total. The zero-order valence-corrected chi connectivity index (χ0v) is 37.2. The summed E-state index contributed by atoms with van der Waals surface area (Å²) in [6, 6.07) is 33.6. The molecular weight excluding hydrogens is 849 g/mol. The number of fused-ring (bicyclic) bond motifs is 3. The fourth-order valence-corrected chi connectivity index (χ4v) is 10.2. The summed E-state index contributed by atoms with van der Waals surface area (Å²) in [6.07, 6.45) is 6.26. The molecule has 0 unspecified atom stereocenters. The number of morpholine rings is 1. The van der Waals surface area contributed by atoms with E-state index in [1.165, 1.54) is 7.11 Å². The van der Waals surface area contributed by atoms with Gasteiger partial charge in [0.2, 0.25) is 11.8 Å². The summed E-state index contributed by atoms with van der Waals surface area (Å²) in [4.78, 5) is 69.2. The van der Waals surface area contributed by atoms with Crippen molar-refractivity contribution in [3.63, 3.8) is 0 Å². The molecule has 67 heavy (non-hydrogen) atoms. The van der Waals surface area contributed by atoms with Crippen LogP contribution in [0.15, 0.2) is 139 Å². The third-order valence-electron chi connectivity index (χ3n) is 13.1. The van der Waals surface area contributed by atoms with Crippen molar-refractivity contribution in [1.82, 2.24) is 15.2 Å². The first-order valence-corrected chi connectivity index (χ1v) is 22.8. The molecule has 4 heterocycles. The van der Waals surface area contributed by atoms with Gasteiger partial charge in [-0.3, -0.25) is 24.3 Å². The maximum absolute atomic E-state index is 16.4. The zero-order valence-electron chi connectivity index (χ0n) is 37.2. The van der Waals surface area contributed by atoms with Crippen LogP contribution in [0.5, 0.6) is 5.75 Å². The Morgan fingerprint density at radius 1 is 0.851 bits per heavy atom. The van der Waals surface area contributed by atoms with Crippen LogP contribution in [0.25, 0.3) is 0 Å². The lowest BCUT2D eigenvalue weighted by Gasteiger charge is -2.46. The van der Waals surface area contributed by atoms with E-state index in [-0.39, 0.29) is 38.7 Å². The first-order valence-electron chi connectivity index (χ1n) is 22.8. The van der Waals surface area contributed by atoms with Crippen molar-refractivity contribution < 1.29 is 43.2 Å². The molecule has 4 aromatic carbocycles. The average molecular weight is 901 g/mol. The number of hydrogen-bond acceptors (Lipinski definition) is 11. The summed E-state index contributed by atoms with van der Waals surface area (Å²) in [5, 5.41) is 12.7. The number of rotatable bonds is 13. The summed E-state index contributed by atoms with van der Waals surface area (Å²) in [5.74, 6) is 3.63. The molecule has 3 amide bonds. The Kier molecular flexibility index (Phi) is 13.6. The quantitative estimate of drug-likeness (QED) is 0.0706. The van der Waals surface area contributed by atoms with Crippen LogP contribution in [-0.2, 0) is 40.4 Å². The van der Waals surface area contributed by atoms with Crippen LogP contribution in [0.1, 0.15) is 77.4 Å². The van der Waals surface area contributed by atoms with Crippen molar-refractivity contribution >= 4 is 29.6 Å². The predicted octanol–water partition coefficient (Wildman–Crippen LogP) is 7.11. The number of aliphatic hydroxyl groups is 1. The minimum Gasteiger partial charge on any atom is -0.491 e. The van der Waals surface area contributed by atoms with E-state index in [0.29, 0.717) is 34.4 Å². The van der Waals surface area contributed by atoms with Gasteiger partial charge >= 0.3 is 12.1 Å². The molecule has 6 atom stereocenters. The van der Waals surface area contributed by atoms with Gasteiger partial charge in [0, 0.05) is 37.5 Å². The highest BCUT2D eigenvalue weighted by Gasteiger charge is 2.75. The van der Waals surface area contributed by atoms with E-state index >= 15 is 14.4 Å². The summed E-state index contributed by atoms with van der Waals surface area (Å²) in [7, 11) is 1.48. The van der Waals surface area contributed by atoms with Crippen LogP contribution in [0, 0.1) is 17.8 Å². The molecule has 13 heteroatoms. The van der Waals surface area contributed by atoms with Crippen LogP contribution >= 0.6 is 0 Å². The third kappa shape index (κ3) is 8.71. The van der Waals surface area contributed by atoms with Crippen molar-refractivity contribution in [2.75, 3.05) is 45.0 Å². The number of pyridine rings is 1. The van der Waals surface area contributed by atoms with Gasteiger partial charge in [-0.2, -0.15) is 0 Å². The van der Waals surface area contributed by atoms with Gasteiger partial charge in [-0.25, -0.2) is 9.69 Å². The Hall–Kier alpha value is -7.11. The average Bonchev–Trinajstić information content (AvgIpc) is 3.82. The monoisotopic (exact) mass is 900 g/mol. The van der Waals surface area contributed by atoms with E-state index in [0.717, 1.165) is 47.4 Å².